The smallest absolute Gasteiger partial charge is 0.256 e. The Morgan fingerprint density at radius 1 is 1.04 bits per heavy atom. The summed E-state index contributed by atoms with van der Waals surface area (Å²) in [5, 5.41) is 21.9. The van der Waals surface area contributed by atoms with Crippen molar-refractivity contribution in [3.05, 3.63) is 21.9 Å². The van der Waals surface area contributed by atoms with Gasteiger partial charge in [0, 0.05) is 67.6 Å². The zero-order valence-corrected chi connectivity index (χ0v) is 29.8. The molecule has 0 spiro atoms. The first-order chi connectivity index (χ1) is 24.7. The zero-order chi connectivity index (χ0) is 35.2. The molecule has 3 aliphatic carbocycles. The van der Waals surface area contributed by atoms with Crippen LogP contribution in [0, 0.1) is 16.0 Å². The van der Waals surface area contributed by atoms with Crippen molar-refractivity contribution < 1.29 is 33.1 Å². The molecule has 0 bridgehead atoms. The highest BCUT2D eigenvalue weighted by Gasteiger charge is 2.60. The van der Waals surface area contributed by atoms with E-state index in [4.69, 9.17) is 14.2 Å². The van der Waals surface area contributed by atoms with Crippen LogP contribution in [0.5, 0.6) is 0 Å². The van der Waals surface area contributed by atoms with E-state index in [9.17, 15) is 19.7 Å². The third kappa shape index (κ3) is 7.20. The van der Waals surface area contributed by atoms with Gasteiger partial charge in [-0.15, -0.1) is 0 Å². The molecule has 3 saturated carbocycles. The third-order valence-electron chi connectivity index (χ3n) is 13.4. The Bertz CT molecular complexity index is 1340. The van der Waals surface area contributed by atoms with Gasteiger partial charge in [0.2, 0.25) is 6.04 Å². The normalized spacial score (nSPS) is 42.6. The van der Waals surface area contributed by atoms with Gasteiger partial charge < -0.3 is 40.0 Å². The van der Waals surface area contributed by atoms with Gasteiger partial charge in [-0.25, -0.2) is 4.39 Å². The van der Waals surface area contributed by atoms with Gasteiger partial charge in [-0.2, -0.15) is 0 Å². The van der Waals surface area contributed by atoms with E-state index in [2.05, 4.69) is 37.7 Å². The summed E-state index contributed by atoms with van der Waals surface area (Å²) in [5.74, 6) is -1.39. The number of hydrogen-bond acceptors (Lipinski definition) is 12. The van der Waals surface area contributed by atoms with Gasteiger partial charge in [-0.1, -0.05) is 0 Å². The number of fused-ring (bicyclic) bond motifs is 4. The summed E-state index contributed by atoms with van der Waals surface area (Å²) >= 11 is 0. The molecule has 7 fully saturated rings. The molecular weight excluding hydrogens is 661 g/mol. The molecule has 0 aromatic rings. The summed E-state index contributed by atoms with van der Waals surface area (Å²) in [6.45, 7) is 6.36. The van der Waals surface area contributed by atoms with Gasteiger partial charge in [-0.05, 0) is 78.0 Å². The fourth-order valence-corrected chi connectivity index (χ4v) is 10.6. The highest BCUT2D eigenvalue weighted by Crippen LogP contribution is 2.47. The molecule has 1 amide bonds. The Balaban J connectivity index is 1.01. The lowest BCUT2D eigenvalue weighted by Gasteiger charge is -2.61. The molecule has 3 N–H and O–H groups in total. The number of nitrogens with one attached hydrogen (secondary N) is 3. The van der Waals surface area contributed by atoms with Gasteiger partial charge in [0.15, 0.2) is 5.78 Å². The second kappa shape index (κ2) is 15.2. The van der Waals surface area contributed by atoms with Crippen LogP contribution in [-0.4, -0.2) is 164 Å². The number of carbonyl (C=O) groups excluding carboxylic acids is 2. The molecule has 5 heterocycles. The first kappa shape index (κ1) is 35.7. The van der Waals surface area contributed by atoms with Crippen LogP contribution in [0.15, 0.2) is 11.8 Å². The number of ketones is 1. The van der Waals surface area contributed by atoms with Crippen molar-refractivity contribution in [3.63, 3.8) is 0 Å². The Kier molecular flexibility index (Phi) is 10.7. The lowest BCUT2D eigenvalue weighted by atomic mass is 9.69. The number of likely N-dealkylation sites (tertiary alicyclic amines) is 1. The molecule has 13 unspecified atom stereocenters. The quantitative estimate of drug-likeness (QED) is 0.126. The van der Waals surface area contributed by atoms with Crippen molar-refractivity contribution in [1.29, 1.82) is 0 Å². The maximum absolute atomic E-state index is 16.3. The Labute approximate surface area is 299 Å². The van der Waals surface area contributed by atoms with Crippen LogP contribution in [0.3, 0.4) is 0 Å². The molecule has 8 rings (SSSR count). The van der Waals surface area contributed by atoms with Crippen LogP contribution >= 0.6 is 0 Å². The Hall–Kier alpha value is -2.27. The number of alkyl halides is 1. The fourth-order valence-electron chi connectivity index (χ4n) is 10.6. The van der Waals surface area contributed by atoms with Gasteiger partial charge in [-0.3, -0.25) is 24.6 Å². The third-order valence-corrected chi connectivity index (χ3v) is 13.4. The lowest BCUT2D eigenvalue weighted by Crippen LogP contribution is -2.75. The average Bonchev–Trinajstić information content (AvgIpc) is 3.54. The summed E-state index contributed by atoms with van der Waals surface area (Å²) in [5.41, 5.74) is 0.102. The van der Waals surface area contributed by atoms with Crippen molar-refractivity contribution in [2.24, 2.45) is 5.92 Å². The van der Waals surface area contributed by atoms with Crippen LogP contribution in [0.4, 0.5) is 4.39 Å². The SMILES string of the molecule is CN1CCCC1CCNC(=O)C1=CN2C3CC4OC5CC([N+](=O)[O-])CCC5NC4CC3OC3C(NCCCN4CCOCC4)C(F)CC(C1=O)C32. The molecule has 4 saturated heterocycles. The van der Waals surface area contributed by atoms with Gasteiger partial charge in [0.05, 0.1) is 61.3 Å². The number of nitrogens with zero attached hydrogens (tertiary/aromatic N) is 4. The highest BCUT2D eigenvalue weighted by molar-refractivity contribution is 6.20. The predicted molar refractivity (Wildman–Crippen MR) is 184 cm³/mol. The van der Waals surface area contributed by atoms with Crippen LogP contribution in [-0.2, 0) is 23.8 Å². The monoisotopic (exact) mass is 717 g/mol. The number of ether oxygens (including phenoxy) is 3. The molecule has 14 nitrogen and oxygen atoms in total. The summed E-state index contributed by atoms with van der Waals surface area (Å²) in [7, 11) is 2.11. The molecule has 13 atom stereocenters. The Morgan fingerprint density at radius 2 is 1.86 bits per heavy atom. The van der Waals surface area contributed by atoms with Crippen molar-refractivity contribution in [2.75, 3.05) is 59.5 Å². The molecule has 284 valence electrons. The van der Waals surface area contributed by atoms with Crippen molar-refractivity contribution in [2.45, 2.75) is 137 Å². The van der Waals surface area contributed by atoms with Gasteiger partial charge in [0.1, 0.15) is 6.17 Å². The number of amides is 1. The summed E-state index contributed by atoms with van der Waals surface area (Å²) in [6.07, 6.45) is 6.02. The second-order valence-corrected chi connectivity index (χ2v) is 16.3. The van der Waals surface area contributed by atoms with Crippen LogP contribution in [0.2, 0.25) is 0 Å². The van der Waals surface area contributed by atoms with Crippen molar-refractivity contribution in [1.82, 2.24) is 30.7 Å². The number of rotatable bonds is 10. The molecule has 15 heteroatoms. The average molecular weight is 718 g/mol. The van der Waals surface area contributed by atoms with E-state index in [0.717, 1.165) is 65.1 Å². The number of halogens is 1. The molecule has 5 aliphatic heterocycles. The maximum atomic E-state index is 16.3. The number of carbonyl (C=O) groups is 2. The first-order valence-electron chi connectivity index (χ1n) is 19.6. The number of hydrogen-bond donors (Lipinski definition) is 3. The van der Waals surface area contributed by atoms with Gasteiger partial charge >= 0.3 is 0 Å². The fraction of sp³-hybridized carbons (Fsp3) is 0.889. The molecule has 51 heavy (non-hydrogen) atoms. The van der Waals surface area contributed by atoms with E-state index in [1.807, 2.05) is 0 Å². The molecule has 0 aromatic heterocycles. The van der Waals surface area contributed by atoms with Crippen molar-refractivity contribution in [3.8, 4) is 0 Å². The minimum absolute atomic E-state index is 0.00332. The van der Waals surface area contributed by atoms with E-state index < -0.39 is 42.2 Å². The minimum atomic E-state index is -1.30. The molecular formula is C36H56FN7O7. The largest absolute Gasteiger partial charge is 0.379 e. The highest BCUT2D eigenvalue weighted by atomic mass is 19.1. The number of Topliss-reactive ketones (excluding diaryl/α,β-unsaturated/α-hetero) is 1. The maximum Gasteiger partial charge on any atom is 0.256 e. The van der Waals surface area contributed by atoms with Crippen LogP contribution in [0.25, 0.3) is 0 Å². The summed E-state index contributed by atoms with van der Waals surface area (Å²) in [4.78, 5) is 46.1. The second-order valence-electron chi connectivity index (χ2n) is 16.3. The topological polar surface area (TPSA) is 151 Å². The van der Waals surface area contributed by atoms with E-state index in [1.165, 1.54) is 0 Å². The Morgan fingerprint density at radius 3 is 2.65 bits per heavy atom. The molecule has 0 aromatic carbocycles. The predicted octanol–water partition coefficient (Wildman–Crippen LogP) is 0.616. The summed E-state index contributed by atoms with van der Waals surface area (Å²) in [6, 6.07) is -1.28. The lowest BCUT2D eigenvalue weighted by molar-refractivity contribution is -0.529. The number of nitro groups is 1. The minimum Gasteiger partial charge on any atom is -0.379 e. The zero-order valence-electron chi connectivity index (χ0n) is 29.8. The molecule has 0 radical (unpaired) electrons. The molecule has 8 aliphatic rings. The van der Waals surface area contributed by atoms with Gasteiger partial charge in [0.25, 0.3) is 5.91 Å². The van der Waals surface area contributed by atoms with E-state index in [-0.39, 0.29) is 59.1 Å². The van der Waals surface area contributed by atoms with E-state index >= 15 is 4.39 Å². The summed E-state index contributed by atoms with van der Waals surface area (Å²) < 4.78 is 35.4. The van der Waals surface area contributed by atoms with Crippen molar-refractivity contribution >= 4 is 11.7 Å². The van der Waals surface area contributed by atoms with Crippen LogP contribution < -0.4 is 16.0 Å². The van der Waals surface area contributed by atoms with Crippen LogP contribution in [0.1, 0.15) is 64.2 Å². The standard InChI is InChI=1S/C36H56FN7O7/c1-41-10-2-4-21(41)7-9-39-36(46)24-20-43-28-19-30-27(40-26-6-5-22(44(47)48)16-29(26)50-30)18-31(28)51-35-32(25(37)17-23(33(35)43)34(24)45)38-8-3-11-42-12-14-49-15-13-42/h20-23,25-33,35,38,40H,2-19H2,1H3,(H,39,46). The number of morpholine rings is 3. The van der Waals surface area contributed by atoms with E-state index in [1.54, 1.807) is 6.20 Å². The first-order valence-corrected chi connectivity index (χ1v) is 19.6. The van der Waals surface area contributed by atoms with E-state index in [0.29, 0.717) is 51.2 Å².